The van der Waals surface area contributed by atoms with Crippen LogP contribution in [0.2, 0.25) is 0 Å². The summed E-state index contributed by atoms with van der Waals surface area (Å²) in [5, 5.41) is 12.7. The number of rotatable bonds is 2. The van der Waals surface area contributed by atoms with E-state index in [2.05, 4.69) is 5.16 Å². The van der Waals surface area contributed by atoms with Crippen LogP contribution in [0.5, 0.6) is 0 Å². The number of carboxylic acid groups (broad SMARTS) is 1. The summed E-state index contributed by atoms with van der Waals surface area (Å²) < 4.78 is 4.90. The number of nitrogens with zero attached hydrogens (tertiary/aromatic N) is 2. The maximum atomic E-state index is 12.2. The number of fused-ring (bicyclic) bond motifs is 1. The molecule has 1 aliphatic rings. The van der Waals surface area contributed by atoms with Crippen molar-refractivity contribution >= 4 is 11.9 Å². The predicted molar refractivity (Wildman–Crippen MR) is 68.2 cm³/mol. The average molecular weight is 272 g/mol. The molecule has 1 aromatic heterocycles. The van der Waals surface area contributed by atoms with E-state index in [4.69, 9.17) is 9.63 Å². The lowest BCUT2D eigenvalue weighted by Crippen LogP contribution is -2.25. The van der Waals surface area contributed by atoms with Crippen molar-refractivity contribution in [2.75, 3.05) is 0 Å². The van der Waals surface area contributed by atoms with Gasteiger partial charge in [0.05, 0.1) is 5.56 Å². The van der Waals surface area contributed by atoms with Gasteiger partial charge in [-0.05, 0) is 30.2 Å². The molecule has 0 fully saturated rings. The normalized spacial score (nSPS) is 13.3. The highest BCUT2D eigenvalue weighted by Crippen LogP contribution is 2.25. The molecule has 2 heterocycles. The van der Waals surface area contributed by atoms with E-state index in [1.807, 2.05) is 0 Å². The van der Waals surface area contributed by atoms with Crippen LogP contribution in [0, 0.1) is 6.92 Å². The number of aromatic carboxylic acids is 1. The van der Waals surface area contributed by atoms with Gasteiger partial charge in [-0.2, -0.15) is 0 Å². The lowest BCUT2D eigenvalue weighted by atomic mass is 10.1. The summed E-state index contributed by atoms with van der Waals surface area (Å²) >= 11 is 0. The zero-order chi connectivity index (χ0) is 14.3. The van der Waals surface area contributed by atoms with Gasteiger partial charge in [0.2, 0.25) is 0 Å². The fraction of sp³-hybridized carbons (Fsp3) is 0.214. The van der Waals surface area contributed by atoms with Crippen molar-refractivity contribution in [2.45, 2.75) is 20.0 Å². The number of amides is 1. The third-order valence-corrected chi connectivity index (χ3v) is 3.31. The molecule has 0 unspecified atom stereocenters. The second-order valence-corrected chi connectivity index (χ2v) is 4.77. The fourth-order valence-electron chi connectivity index (χ4n) is 2.30. The Labute approximate surface area is 114 Å². The SMILES string of the molecule is Cc1cc(C(=O)N2Cc3ccc(C(=O)O)cc3C2)no1. The molecule has 1 amide bonds. The lowest BCUT2D eigenvalue weighted by molar-refractivity contribution is 0.0696. The molecule has 3 rings (SSSR count). The smallest absolute Gasteiger partial charge is 0.335 e. The molecule has 6 heteroatoms. The molecular weight excluding hydrogens is 260 g/mol. The molecular formula is C14H12N2O4. The Morgan fingerprint density at radius 2 is 2.00 bits per heavy atom. The van der Waals surface area contributed by atoms with Crippen LogP contribution >= 0.6 is 0 Å². The van der Waals surface area contributed by atoms with Crippen molar-refractivity contribution in [1.82, 2.24) is 10.1 Å². The van der Waals surface area contributed by atoms with E-state index in [0.717, 1.165) is 11.1 Å². The lowest BCUT2D eigenvalue weighted by Gasteiger charge is -2.12. The van der Waals surface area contributed by atoms with Gasteiger partial charge in [-0.3, -0.25) is 4.79 Å². The van der Waals surface area contributed by atoms with Gasteiger partial charge in [-0.1, -0.05) is 11.2 Å². The Hall–Kier alpha value is -2.63. The zero-order valence-electron chi connectivity index (χ0n) is 10.8. The van der Waals surface area contributed by atoms with Crippen molar-refractivity contribution in [3.8, 4) is 0 Å². The standard InChI is InChI=1S/C14H12N2O4/c1-8-4-12(15-20-8)13(17)16-6-10-3-2-9(14(18)19)5-11(10)7-16/h2-5H,6-7H2,1H3,(H,18,19). The summed E-state index contributed by atoms with van der Waals surface area (Å²) in [7, 11) is 0. The van der Waals surface area contributed by atoms with Crippen LogP contribution in [0.4, 0.5) is 0 Å². The highest BCUT2D eigenvalue weighted by molar-refractivity contribution is 5.93. The van der Waals surface area contributed by atoms with E-state index in [1.165, 1.54) is 0 Å². The van der Waals surface area contributed by atoms with E-state index in [0.29, 0.717) is 18.8 Å². The van der Waals surface area contributed by atoms with E-state index < -0.39 is 5.97 Å². The molecule has 0 radical (unpaired) electrons. The Morgan fingerprint density at radius 1 is 1.25 bits per heavy atom. The van der Waals surface area contributed by atoms with E-state index in [1.54, 1.807) is 36.1 Å². The van der Waals surface area contributed by atoms with Crippen LogP contribution in [-0.2, 0) is 13.1 Å². The first kappa shape index (κ1) is 12.4. The first-order valence-corrected chi connectivity index (χ1v) is 6.12. The third kappa shape index (κ3) is 2.05. The molecule has 1 N–H and O–H groups in total. The number of carbonyl (C=O) groups excluding carboxylic acids is 1. The molecule has 0 atom stereocenters. The Kier molecular flexibility index (Phi) is 2.78. The van der Waals surface area contributed by atoms with Gasteiger partial charge in [0.25, 0.3) is 5.91 Å². The number of aryl methyl sites for hydroxylation is 1. The molecule has 6 nitrogen and oxygen atoms in total. The minimum atomic E-state index is -0.968. The van der Waals surface area contributed by atoms with Crippen LogP contribution in [0.25, 0.3) is 0 Å². The zero-order valence-corrected chi connectivity index (χ0v) is 10.8. The first-order chi connectivity index (χ1) is 9.54. The van der Waals surface area contributed by atoms with Crippen molar-refractivity contribution in [1.29, 1.82) is 0 Å². The third-order valence-electron chi connectivity index (χ3n) is 3.31. The number of hydrogen-bond donors (Lipinski definition) is 1. The van der Waals surface area contributed by atoms with Gasteiger partial charge in [0.1, 0.15) is 5.76 Å². The monoisotopic (exact) mass is 272 g/mol. The summed E-state index contributed by atoms with van der Waals surface area (Å²) in [6, 6.07) is 6.50. The second kappa shape index (κ2) is 4.48. The van der Waals surface area contributed by atoms with Crippen LogP contribution in [0.3, 0.4) is 0 Å². The summed E-state index contributed by atoms with van der Waals surface area (Å²) in [4.78, 5) is 24.8. The van der Waals surface area contributed by atoms with Gasteiger partial charge in [0.15, 0.2) is 5.69 Å². The van der Waals surface area contributed by atoms with Crippen molar-refractivity contribution in [3.05, 3.63) is 52.4 Å². The summed E-state index contributed by atoms with van der Waals surface area (Å²) in [6.07, 6.45) is 0. The molecule has 0 bridgehead atoms. The second-order valence-electron chi connectivity index (χ2n) is 4.77. The molecule has 0 saturated carbocycles. The Bertz CT molecular complexity index is 705. The highest BCUT2D eigenvalue weighted by Gasteiger charge is 2.26. The molecule has 20 heavy (non-hydrogen) atoms. The van der Waals surface area contributed by atoms with Gasteiger partial charge in [-0.15, -0.1) is 0 Å². The van der Waals surface area contributed by atoms with Crippen LogP contribution < -0.4 is 0 Å². The minimum Gasteiger partial charge on any atom is -0.478 e. The number of hydrogen-bond acceptors (Lipinski definition) is 4. The quantitative estimate of drug-likeness (QED) is 0.901. The number of aromatic nitrogens is 1. The minimum absolute atomic E-state index is 0.213. The molecule has 1 aliphatic heterocycles. The van der Waals surface area contributed by atoms with Crippen LogP contribution in [0.15, 0.2) is 28.8 Å². The fourth-order valence-corrected chi connectivity index (χ4v) is 2.30. The van der Waals surface area contributed by atoms with Crippen molar-refractivity contribution in [3.63, 3.8) is 0 Å². The molecule has 102 valence electrons. The number of carboxylic acids is 1. The van der Waals surface area contributed by atoms with Crippen LogP contribution in [-0.4, -0.2) is 27.0 Å². The van der Waals surface area contributed by atoms with Gasteiger partial charge in [-0.25, -0.2) is 4.79 Å². The summed E-state index contributed by atoms with van der Waals surface area (Å²) in [6.45, 7) is 2.57. The van der Waals surface area contributed by atoms with Crippen LogP contribution in [0.1, 0.15) is 37.7 Å². The summed E-state index contributed by atoms with van der Waals surface area (Å²) in [5.74, 6) is -0.599. The highest BCUT2D eigenvalue weighted by atomic mass is 16.5. The molecule has 0 saturated heterocycles. The van der Waals surface area contributed by atoms with Crippen molar-refractivity contribution in [2.24, 2.45) is 0 Å². The van der Waals surface area contributed by atoms with E-state index >= 15 is 0 Å². The molecule has 1 aromatic carbocycles. The maximum Gasteiger partial charge on any atom is 0.335 e. The summed E-state index contributed by atoms with van der Waals surface area (Å²) in [5.41, 5.74) is 2.33. The van der Waals surface area contributed by atoms with Gasteiger partial charge in [0, 0.05) is 19.2 Å². The van der Waals surface area contributed by atoms with E-state index in [-0.39, 0.29) is 17.2 Å². The number of carbonyl (C=O) groups is 2. The molecule has 0 spiro atoms. The largest absolute Gasteiger partial charge is 0.478 e. The topological polar surface area (TPSA) is 83.6 Å². The Morgan fingerprint density at radius 3 is 2.65 bits per heavy atom. The van der Waals surface area contributed by atoms with E-state index in [9.17, 15) is 9.59 Å². The van der Waals surface area contributed by atoms with Crippen molar-refractivity contribution < 1.29 is 19.2 Å². The van der Waals surface area contributed by atoms with Gasteiger partial charge >= 0.3 is 5.97 Å². The molecule has 0 aliphatic carbocycles. The van der Waals surface area contributed by atoms with Gasteiger partial charge < -0.3 is 14.5 Å². The maximum absolute atomic E-state index is 12.2. The number of benzene rings is 1. The Balaban J connectivity index is 1.83. The molecule has 2 aromatic rings. The first-order valence-electron chi connectivity index (χ1n) is 6.12. The predicted octanol–water partition coefficient (Wildman–Crippen LogP) is 1.84. The average Bonchev–Trinajstić information content (AvgIpc) is 3.02.